The molecule has 0 N–H and O–H groups in total. The molecule has 1 aromatic heterocycles. The van der Waals surface area contributed by atoms with Crippen molar-refractivity contribution < 1.29 is 4.74 Å². The summed E-state index contributed by atoms with van der Waals surface area (Å²) < 4.78 is 7.63. The fraction of sp³-hybridized carbons (Fsp3) is 0.833. The standard InChI is InChI=1S/C12H20N4OS/c1-2-16-11(15-6-8-17-9-7-15)13-14-12(16)18-10-4-3-5-10/h10H,2-9H2,1H3. The normalized spacial score (nSPS) is 21.1. The molecule has 1 aliphatic heterocycles. The number of anilines is 1. The summed E-state index contributed by atoms with van der Waals surface area (Å²) in [4.78, 5) is 2.28. The minimum Gasteiger partial charge on any atom is -0.378 e. The fourth-order valence-corrected chi connectivity index (χ4v) is 3.57. The van der Waals surface area contributed by atoms with Crippen LogP contribution in [0.3, 0.4) is 0 Å². The quantitative estimate of drug-likeness (QED) is 0.833. The van der Waals surface area contributed by atoms with Crippen LogP contribution < -0.4 is 4.90 Å². The molecule has 0 amide bonds. The molecule has 0 bridgehead atoms. The largest absolute Gasteiger partial charge is 0.378 e. The second kappa shape index (κ2) is 5.48. The number of morpholine rings is 1. The molecular weight excluding hydrogens is 248 g/mol. The second-order valence-electron chi connectivity index (χ2n) is 4.80. The predicted octanol–water partition coefficient (Wildman–Crippen LogP) is 1.78. The molecule has 3 rings (SSSR count). The van der Waals surface area contributed by atoms with Gasteiger partial charge in [-0.05, 0) is 19.8 Å². The van der Waals surface area contributed by atoms with E-state index in [0.717, 1.165) is 49.2 Å². The van der Waals surface area contributed by atoms with E-state index in [0.29, 0.717) is 0 Å². The van der Waals surface area contributed by atoms with E-state index < -0.39 is 0 Å². The Kier molecular flexibility index (Phi) is 3.75. The average molecular weight is 268 g/mol. The Hall–Kier alpha value is -0.750. The van der Waals surface area contributed by atoms with Crippen molar-refractivity contribution >= 4 is 17.7 Å². The van der Waals surface area contributed by atoms with Crippen LogP contribution in [0.1, 0.15) is 26.2 Å². The van der Waals surface area contributed by atoms with Gasteiger partial charge in [0.15, 0.2) is 5.16 Å². The lowest BCUT2D eigenvalue weighted by Crippen LogP contribution is -2.38. The van der Waals surface area contributed by atoms with E-state index in [9.17, 15) is 0 Å². The van der Waals surface area contributed by atoms with Crippen molar-refractivity contribution in [1.29, 1.82) is 0 Å². The van der Waals surface area contributed by atoms with Crippen molar-refractivity contribution in [2.75, 3.05) is 31.2 Å². The minimum atomic E-state index is 0.761. The molecule has 6 heteroatoms. The summed E-state index contributed by atoms with van der Waals surface area (Å²) >= 11 is 1.90. The van der Waals surface area contributed by atoms with Gasteiger partial charge < -0.3 is 9.64 Å². The van der Waals surface area contributed by atoms with Crippen LogP contribution in [0.15, 0.2) is 5.16 Å². The van der Waals surface area contributed by atoms with E-state index in [1.807, 2.05) is 11.8 Å². The van der Waals surface area contributed by atoms with Gasteiger partial charge in [0.25, 0.3) is 0 Å². The van der Waals surface area contributed by atoms with Gasteiger partial charge in [-0.1, -0.05) is 18.2 Å². The third-order valence-electron chi connectivity index (χ3n) is 3.63. The van der Waals surface area contributed by atoms with Gasteiger partial charge in [0.2, 0.25) is 5.95 Å². The molecule has 0 atom stereocenters. The first-order valence-electron chi connectivity index (χ1n) is 6.81. The Morgan fingerprint density at radius 3 is 2.67 bits per heavy atom. The third-order valence-corrected chi connectivity index (χ3v) is 4.95. The second-order valence-corrected chi connectivity index (χ2v) is 6.06. The molecule has 1 saturated carbocycles. The Morgan fingerprint density at radius 1 is 1.28 bits per heavy atom. The molecule has 2 fully saturated rings. The van der Waals surface area contributed by atoms with E-state index >= 15 is 0 Å². The van der Waals surface area contributed by atoms with Gasteiger partial charge in [-0.25, -0.2) is 0 Å². The lowest BCUT2D eigenvalue weighted by atomic mass is 10.0. The molecule has 5 nitrogen and oxygen atoms in total. The highest BCUT2D eigenvalue weighted by Gasteiger charge is 2.24. The van der Waals surface area contributed by atoms with Crippen molar-refractivity contribution in [3.63, 3.8) is 0 Å². The predicted molar refractivity (Wildman–Crippen MR) is 72.2 cm³/mol. The number of thioether (sulfide) groups is 1. The number of aromatic nitrogens is 3. The first-order valence-corrected chi connectivity index (χ1v) is 7.69. The zero-order valence-corrected chi connectivity index (χ0v) is 11.7. The maximum atomic E-state index is 5.39. The summed E-state index contributed by atoms with van der Waals surface area (Å²) in [5.41, 5.74) is 0. The first kappa shape index (κ1) is 12.3. The van der Waals surface area contributed by atoms with E-state index in [1.165, 1.54) is 19.3 Å². The number of hydrogen-bond acceptors (Lipinski definition) is 5. The molecule has 1 aromatic rings. The maximum absolute atomic E-state index is 5.39. The van der Waals surface area contributed by atoms with Gasteiger partial charge in [-0.15, -0.1) is 10.2 Å². The monoisotopic (exact) mass is 268 g/mol. The van der Waals surface area contributed by atoms with Crippen molar-refractivity contribution in [3.05, 3.63) is 0 Å². The van der Waals surface area contributed by atoms with Gasteiger partial charge in [-0.3, -0.25) is 4.57 Å². The van der Waals surface area contributed by atoms with Crippen LogP contribution in [0.2, 0.25) is 0 Å². The highest BCUT2D eigenvalue weighted by Crippen LogP contribution is 2.36. The molecule has 18 heavy (non-hydrogen) atoms. The summed E-state index contributed by atoms with van der Waals surface area (Å²) in [5.74, 6) is 1.02. The van der Waals surface area contributed by atoms with Gasteiger partial charge in [0, 0.05) is 24.9 Å². The van der Waals surface area contributed by atoms with Crippen molar-refractivity contribution in [3.8, 4) is 0 Å². The van der Waals surface area contributed by atoms with Crippen LogP contribution in [0.5, 0.6) is 0 Å². The molecule has 1 aliphatic carbocycles. The van der Waals surface area contributed by atoms with Crippen LogP contribution in [0.4, 0.5) is 5.95 Å². The summed E-state index contributed by atoms with van der Waals surface area (Å²) in [7, 11) is 0. The molecule has 0 spiro atoms. The lowest BCUT2D eigenvalue weighted by Gasteiger charge is -2.28. The summed E-state index contributed by atoms with van der Waals surface area (Å²) in [6, 6.07) is 0. The van der Waals surface area contributed by atoms with Crippen LogP contribution in [-0.4, -0.2) is 46.3 Å². The van der Waals surface area contributed by atoms with E-state index in [4.69, 9.17) is 4.74 Å². The highest BCUT2D eigenvalue weighted by atomic mass is 32.2. The molecule has 0 unspecified atom stereocenters. The van der Waals surface area contributed by atoms with E-state index in [-0.39, 0.29) is 0 Å². The SMILES string of the molecule is CCn1c(SC2CCC2)nnc1N1CCOCC1. The van der Waals surface area contributed by atoms with Crippen LogP contribution in [-0.2, 0) is 11.3 Å². The smallest absolute Gasteiger partial charge is 0.228 e. The highest BCUT2D eigenvalue weighted by molar-refractivity contribution is 7.99. The topological polar surface area (TPSA) is 43.2 Å². The van der Waals surface area contributed by atoms with Gasteiger partial charge in [-0.2, -0.15) is 0 Å². The fourth-order valence-electron chi connectivity index (χ4n) is 2.28. The van der Waals surface area contributed by atoms with Gasteiger partial charge >= 0.3 is 0 Å². The molecule has 2 aliphatic rings. The summed E-state index contributed by atoms with van der Waals surface area (Å²) in [6.07, 6.45) is 4.02. The Morgan fingerprint density at radius 2 is 2.06 bits per heavy atom. The van der Waals surface area contributed by atoms with Crippen LogP contribution in [0.25, 0.3) is 0 Å². The minimum absolute atomic E-state index is 0.761. The van der Waals surface area contributed by atoms with Gasteiger partial charge in [0.05, 0.1) is 13.2 Å². The zero-order chi connectivity index (χ0) is 12.4. The van der Waals surface area contributed by atoms with Crippen LogP contribution in [0, 0.1) is 0 Å². The number of rotatable bonds is 4. The van der Waals surface area contributed by atoms with Crippen molar-refractivity contribution in [2.45, 2.75) is 43.1 Å². The summed E-state index contributed by atoms with van der Waals surface area (Å²) in [5, 5.41) is 10.6. The third kappa shape index (κ3) is 2.36. The molecular formula is C12H20N4OS. The molecule has 100 valence electrons. The lowest BCUT2D eigenvalue weighted by molar-refractivity contribution is 0.121. The molecule has 0 radical (unpaired) electrons. The molecule has 2 heterocycles. The van der Waals surface area contributed by atoms with E-state index in [1.54, 1.807) is 0 Å². The molecule has 0 aromatic carbocycles. The maximum Gasteiger partial charge on any atom is 0.228 e. The first-order chi connectivity index (χ1) is 8.88. The van der Waals surface area contributed by atoms with E-state index in [2.05, 4.69) is 26.6 Å². The Bertz CT molecular complexity index is 399. The average Bonchev–Trinajstić information content (AvgIpc) is 2.77. The number of ether oxygens (including phenoxy) is 1. The number of hydrogen-bond donors (Lipinski definition) is 0. The van der Waals surface area contributed by atoms with Crippen molar-refractivity contribution in [1.82, 2.24) is 14.8 Å². The molecule has 1 saturated heterocycles. The Balaban J connectivity index is 1.76. The van der Waals surface area contributed by atoms with Gasteiger partial charge in [0.1, 0.15) is 0 Å². The number of nitrogens with zero attached hydrogens (tertiary/aromatic N) is 4. The van der Waals surface area contributed by atoms with Crippen molar-refractivity contribution in [2.24, 2.45) is 0 Å². The Labute approximate surface area is 112 Å². The van der Waals surface area contributed by atoms with Crippen LogP contribution >= 0.6 is 11.8 Å². The zero-order valence-electron chi connectivity index (χ0n) is 10.8. The summed E-state index contributed by atoms with van der Waals surface area (Å²) in [6.45, 7) is 6.54.